The zero-order valence-electron chi connectivity index (χ0n) is 18.6. The lowest BCUT2D eigenvalue weighted by atomic mass is 10.1. The Bertz CT molecular complexity index is 827. The number of carbonyl (C=O) groups is 3. The highest BCUT2D eigenvalue weighted by atomic mass is 16.3. The quantitative estimate of drug-likeness (QED) is 0.351. The molecule has 32 heavy (non-hydrogen) atoms. The summed E-state index contributed by atoms with van der Waals surface area (Å²) in [6, 6.07) is 3.91. The summed E-state index contributed by atoms with van der Waals surface area (Å²) in [6.45, 7) is 4.74. The average Bonchev–Trinajstić information content (AvgIpc) is 3.30. The van der Waals surface area contributed by atoms with Crippen molar-refractivity contribution in [3.8, 4) is 6.07 Å². The lowest BCUT2D eigenvalue weighted by Gasteiger charge is -2.31. The van der Waals surface area contributed by atoms with Gasteiger partial charge >= 0.3 is 0 Å². The first-order chi connectivity index (χ1) is 15.2. The van der Waals surface area contributed by atoms with Crippen molar-refractivity contribution in [3.63, 3.8) is 0 Å². The molecule has 1 aromatic rings. The van der Waals surface area contributed by atoms with Crippen molar-refractivity contribution in [1.29, 1.82) is 5.26 Å². The first kappa shape index (κ1) is 25.4. The Kier molecular flexibility index (Phi) is 9.23. The van der Waals surface area contributed by atoms with Crippen LogP contribution in [-0.2, 0) is 9.59 Å². The van der Waals surface area contributed by atoms with Crippen molar-refractivity contribution in [2.24, 2.45) is 5.92 Å². The van der Waals surface area contributed by atoms with Gasteiger partial charge in [0.2, 0.25) is 5.91 Å². The Morgan fingerprint density at radius 3 is 2.53 bits per heavy atom. The van der Waals surface area contributed by atoms with Crippen LogP contribution in [0.1, 0.15) is 62.0 Å². The number of likely N-dealkylation sites (tertiary alicyclic amines) is 1. The van der Waals surface area contributed by atoms with E-state index in [1.165, 1.54) is 19.0 Å². The number of amides is 2. The molecule has 0 aromatic carbocycles. The molecule has 1 saturated heterocycles. The standard InChI is InChI=1S/C21H31N5O3.CH2O2/c1-21(2,13-27)25-19(28)8-16-5-6-17(26(16)12-14-3-4-14)11-24-20(29)18-7-15(9-22)10-23-18;2-1-3/h7,10,14,16-17,23,27H,3-6,8,11-13H2,1-2H3,(H,24,29)(H,25,28);1H,(H,2,3)/t16-,17+;/m1./s1. The second-order valence-electron chi connectivity index (χ2n) is 9.05. The molecule has 1 saturated carbocycles. The molecule has 2 fully saturated rings. The van der Waals surface area contributed by atoms with Gasteiger partial charge in [-0.1, -0.05) is 0 Å². The largest absolute Gasteiger partial charge is 0.483 e. The third-order valence-electron chi connectivity index (χ3n) is 5.79. The Hall–Kier alpha value is -2.90. The maximum absolute atomic E-state index is 12.5. The third kappa shape index (κ3) is 7.66. The summed E-state index contributed by atoms with van der Waals surface area (Å²) in [5.41, 5.74) is 0.196. The van der Waals surface area contributed by atoms with Crippen molar-refractivity contribution in [2.45, 2.75) is 63.6 Å². The van der Waals surface area contributed by atoms with Crippen LogP contribution in [0.4, 0.5) is 0 Å². The lowest BCUT2D eigenvalue weighted by Crippen LogP contribution is -2.49. The summed E-state index contributed by atoms with van der Waals surface area (Å²) in [5, 5.41) is 31.0. The van der Waals surface area contributed by atoms with Gasteiger partial charge in [0.15, 0.2) is 0 Å². The van der Waals surface area contributed by atoms with Crippen molar-refractivity contribution in [3.05, 3.63) is 23.5 Å². The van der Waals surface area contributed by atoms with Crippen LogP contribution < -0.4 is 10.6 Å². The molecule has 2 heterocycles. The van der Waals surface area contributed by atoms with E-state index in [-0.39, 0.29) is 37.0 Å². The predicted molar refractivity (Wildman–Crippen MR) is 117 cm³/mol. The number of carbonyl (C=O) groups excluding carboxylic acids is 2. The van der Waals surface area contributed by atoms with Crippen LogP contribution in [0.2, 0.25) is 0 Å². The van der Waals surface area contributed by atoms with Gasteiger partial charge in [-0.2, -0.15) is 5.26 Å². The minimum absolute atomic E-state index is 0.0463. The molecule has 2 aliphatic rings. The molecule has 0 spiro atoms. The maximum atomic E-state index is 12.5. The lowest BCUT2D eigenvalue weighted by molar-refractivity contribution is -0.124. The number of carboxylic acid groups (broad SMARTS) is 1. The van der Waals surface area contributed by atoms with Gasteiger partial charge in [0.25, 0.3) is 12.4 Å². The molecule has 1 aromatic heterocycles. The van der Waals surface area contributed by atoms with Crippen LogP contribution in [0.3, 0.4) is 0 Å². The number of aliphatic hydroxyl groups is 1. The van der Waals surface area contributed by atoms with Crippen LogP contribution in [-0.4, -0.2) is 75.7 Å². The first-order valence-electron chi connectivity index (χ1n) is 10.8. The van der Waals surface area contributed by atoms with Crippen molar-refractivity contribution >= 4 is 18.3 Å². The number of rotatable bonds is 9. The summed E-state index contributed by atoms with van der Waals surface area (Å²) in [5.74, 6) is 0.422. The van der Waals surface area contributed by atoms with E-state index >= 15 is 0 Å². The zero-order chi connectivity index (χ0) is 23.7. The summed E-state index contributed by atoms with van der Waals surface area (Å²) < 4.78 is 0. The van der Waals surface area contributed by atoms with Crippen LogP contribution in [0.15, 0.2) is 12.3 Å². The van der Waals surface area contributed by atoms with E-state index in [2.05, 4.69) is 20.5 Å². The minimum Gasteiger partial charge on any atom is -0.483 e. The van der Waals surface area contributed by atoms with Crippen LogP contribution >= 0.6 is 0 Å². The molecular formula is C22H33N5O5. The number of nitriles is 1. The summed E-state index contributed by atoms with van der Waals surface area (Å²) in [4.78, 5) is 38.4. The Morgan fingerprint density at radius 2 is 1.97 bits per heavy atom. The highest BCUT2D eigenvalue weighted by molar-refractivity contribution is 5.92. The second-order valence-corrected chi connectivity index (χ2v) is 9.05. The monoisotopic (exact) mass is 447 g/mol. The second kappa shape index (κ2) is 11.6. The molecule has 10 heteroatoms. The highest BCUT2D eigenvalue weighted by Gasteiger charge is 2.38. The third-order valence-corrected chi connectivity index (χ3v) is 5.79. The topological polar surface area (TPSA) is 159 Å². The molecule has 1 aliphatic carbocycles. The van der Waals surface area contributed by atoms with E-state index in [0.29, 0.717) is 30.1 Å². The Morgan fingerprint density at radius 1 is 1.31 bits per heavy atom. The van der Waals surface area contributed by atoms with Gasteiger partial charge in [0.1, 0.15) is 11.8 Å². The van der Waals surface area contributed by atoms with Crippen LogP contribution in [0.5, 0.6) is 0 Å². The molecule has 10 nitrogen and oxygen atoms in total. The van der Waals surface area contributed by atoms with Gasteiger partial charge in [0, 0.05) is 37.8 Å². The van der Waals surface area contributed by atoms with Gasteiger partial charge in [-0.25, -0.2) is 0 Å². The number of aromatic nitrogens is 1. The SMILES string of the molecule is CC(C)(CO)NC(=O)C[C@H]1CC[C@@H](CNC(=O)c2cc(C#N)c[nH]2)N1CC1CC1.O=CO. The van der Waals surface area contributed by atoms with E-state index in [1.54, 1.807) is 19.9 Å². The molecular weight excluding hydrogens is 414 g/mol. The van der Waals surface area contributed by atoms with Gasteiger partial charge in [0.05, 0.1) is 17.7 Å². The Labute approximate surface area is 188 Å². The highest BCUT2D eigenvalue weighted by Crippen LogP contribution is 2.35. The maximum Gasteiger partial charge on any atom is 0.290 e. The average molecular weight is 448 g/mol. The van der Waals surface area contributed by atoms with Crippen LogP contribution in [0, 0.1) is 17.2 Å². The van der Waals surface area contributed by atoms with E-state index in [4.69, 9.17) is 15.2 Å². The fourth-order valence-electron chi connectivity index (χ4n) is 3.93. The molecule has 0 unspecified atom stereocenters. The molecule has 0 radical (unpaired) electrons. The summed E-state index contributed by atoms with van der Waals surface area (Å²) in [6.07, 6.45) is 6.23. The fourth-order valence-corrected chi connectivity index (χ4v) is 3.93. The minimum atomic E-state index is -0.622. The number of H-pyrrole nitrogens is 1. The van der Waals surface area contributed by atoms with Gasteiger partial charge in [-0.05, 0) is 51.5 Å². The number of nitrogens with one attached hydrogen (secondary N) is 3. The molecule has 0 bridgehead atoms. The van der Waals surface area contributed by atoms with Gasteiger partial charge < -0.3 is 25.8 Å². The van der Waals surface area contributed by atoms with Crippen molar-refractivity contribution in [2.75, 3.05) is 19.7 Å². The normalized spacial score (nSPS) is 20.6. The molecule has 1 aliphatic heterocycles. The molecule has 5 N–H and O–H groups in total. The van der Waals surface area contributed by atoms with Crippen molar-refractivity contribution < 1.29 is 24.6 Å². The first-order valence-corrected chi connectivity index (χ1v) is 10.8. The van der Waals surface area contributed by atoms with E-state index in [1.807, 2.05) is 6.07 Å². The number of hydrogen-bond donors (Lipinski definition) is 5. The number of aromatic amines is 1. The summed E-state index contributed by atoms with van der Waals surface area (Å²) in [7, 11) is 0. The zero-order valence-corrected chi connectivity index (χ0v) is 18.6. The molecule has 3 rings (SSSR count). The van der Waals surface area contributed by atoms with Gasteiger partial charge in [-0.3, -0.25) is 19.3 Å². The van der Waals surface area contributed by atoms with E-state index < -0.39 is 5.54 Å². The van der Waals surface area contributed by atoms with Crippen molar-refractivity contribution in [1.82, 2.24) is 20.5 Å². The predicted octanol–water partition coefficient (Wildman–Crippen LogP) is 0.837. The summed E-state index contributed by atoms with van der Waals surface area (Å²) >= 11 is 0. The molecule has 2 atom stereocenters. The smallest absolute Gasteiger partial charge is 0.290 e. The van der Waals surface area contributed by atoms with E-state index in [9.17, 15) is 14.7 Å². The number of nitrogens with zero attached hydrogens (tertiary/aromatic N) is 2. The Balaban J connectivity index is 0.00000114. The fraction of sp³-hybridized carbons (Fsp3) is 0.636. The van der Waals surface area contributed by atoms with E-state index in [0.717, 1.165) is 19.4 Å². The van der Waals surface area contributed by atoms with Gasteiger partial charge in [-0.15, -0.1) is 0 Å². The van der Waals surface area contributed by atoms with Crippen LogP contribution in [0.25, 0.3) is 0 Å². The molecule has 176 valence electrons. The number of aliphatic hydroxyl groups excluding tert-OH is 1. The molecule has 2 amide bonds. The number of hydrogen-bond acceptors (Lipinski definition) is 6.